The van der Waals surface area contributed by atoms with E-state index in [1.165, 1.54) is 0 Å². The fraction of sp³-hybridized carbons (Fsp3) is 0.375. The molecule has 132 valence electrons. The standard InChI is InChI=1S/C16H23N5O2.HI/c1-17-16(18-8-10-21-9-4-7-20-21)19-12-13-5-6-14(22-2)15(11-13)23-3;/h4-7,9,11H,8,10,12H2,1-3H3,(H2,17,18,19);1H. The molecule has 2 rings (SSSR count). The van der Waals surface area contributed by atoms with Crippen molar-refractivity contribution in [2.75, 3.05) is 27.8 Å². The van der Waals surface area contributed by atoms with Crippen LogP contribution in [0, 0.1) is 0 Å². The predicted octanol–water partition coefficient (Wildman–Crippen LogP) is 1.88. The zero-order chi connectivity index (χ0) is 16.5. The Morgan fingerprint density at radius 3 is 2.62 bits per heavy atom. The van der Waals surface area contributed by atoms with E-state index in [9.17, 15) is 0 Å². The first-order valence-electron chi connectivity index (χ1n) is 7.39. The molecule has 0 saturated carbocycles. The molecule has 0 aliphatic heterocycles. The van der Waals surface area contributed by atoms with Gasteiger partial charge in [-0.2, -0.15) is 5.10 Å². The van der Waals surface area contributed by atoms with E-state index in [1.807, 2.05) is 35.1 Å². The number of hydrogen-bond acceptors (Lipinski definition) is 4. The van der Waals surface area contributed by atoms with Crippen molar-refractivity contribution in [3.8, 4) is 11.5 Å². The summed E-state index contributed by atoms with van der Waals surface area (Å²) in [6.07, 6.45) is 3.70. The lowest BCUT2D eigenvalue weighted by molar-refractivity contribution is 0.354. The minimum atomic E-state index is 0. The van der Waals surface area contributed by atoms with Gasteiger partial charge >= 0.3 is 0 Å². The summed E-state index contributed by atoms with van der Waals surface area (Å²) in [5, 5.41) is 10.7. The van der Waals surface area contributed by atoms with Crippen molar-refractivity contribution in [3.63, 3.8) is 0 Å². The Labute approximate surface area is 159 Å². The number of aliphatic imine (C=N–C) groups is 1. The van der Waals surface area contributed by atoms with Crippen LogP contribution in [0.1, 0.15) is 5.56 Å². The molecule has 0 aliphatic rings. The largest absolute Gasteiger partial charge is 0.493 e. The summed E-state index contributed by atoms with van der Waals surface area (Å²) in [5.74, 6) is 2.18. The van der Waals surface area contributed by atoms with Crippen LogP contribution in [-0.2, 0) is 13.1 Å². The maximum atomic E-state index is 5.31. The van der Waals surface area contributed by atoms with Crippen molar-refractivity contribution < 1.29 is 9.47 Å². The summed E-state index contributed by atoms with van der Waals surface area (Å²) in [5.41, 5.74) is 1.08. The number of benzene rings is 1. The van der Waals surface area contributed by atoms with Crippen LogP contribution < -0.4 is 20.1 Å². The van der Waals surface area contributed by atoms with E-state index in [-0.39, 0.29) is 24.0 Å². The normalized spacial score (nSPS) is 10.7. The number of ether oxygens (including phenoxy) is 2. The minimum Gasteiger partial charge on any atom is -0.493 e. The molecule has 0 aliphatic carbocycles. The van der Waals surface area contributed by atoms with Gasteiger partial charge in [-0.15, -0.1) is 24.0 Å². The molecule has 1 heterocycles. The summed E-state index contributed by atoms with van der Waals surface area (Å²) in [4.78, 5) is 4.21. The Balaban J connectivity index is 0.00000288. The molecule has 0 saturated heterocycles. The highest BCUT2D eigenvalue weighted by atomic mass is 127. The monoisotopic (exact) mass is 445 g/mol. The number of rotatable bonds is 7. The molecule has 0 spiro atoms. The zero-order valence-corrected chi connectivity index (χ0v) is 16.5. The summed E-state index contributed by atoms with van der Waals surface area (Å²) in [6, 6.07) is 7.74. The van der Waals surface area contributed by atoms with E-state index in [0.717, 1.165) is 30.4 Å². The van der Waals surface area contributed by atoms with Crippen LogP contribution in [0.2, 0.25) is 0 Å². The first kappa shape index (κ1) is 20.1. The van der Waals surface area contributed by atoms with E-state index < -0.39 is 0 Å². The summed E-state index contributed by atoms with van der Waals surface area (Å²) in [6.45, 7) is 2.17. The van der Waals surface area contributed by atoms with Crippen LogP contribution in [0.3, 0.4) is 0 Å². The molecule has 1 aromatic heterocycles. The second kappa shape index (κ2) is 10.7. The molecule has 0 unspecified atom stereocenters. The molecule has 1 aromatic carbocycles. The molecule has 0 atom stereocenters. The third kappa shape index (κ3) is 5.91. The Kier molecular flexibility index (Phi) is 8.98. The molecule has 0 radical (unpaired) electrons. The van der Waals surface area contributed by atoms with E-state index in [1.54, 1.807) is 27.5 Å². The van der Waals surface area contributed by atoms with Crippen molar-refractivity contribution in [2.45, 2.75) is 13.1 Å². The van der Waals surface area contributed by atoms with E-state index in [2.05, 4.69) is 20.7 Å². The first-order valence-corrected chi connectivity index (χ1v) is 7.39. The molecule has 2 N–H and O–H groups in total. The van der Waals surface area contributed by atoms with Crippen LogP contribution in [0.4, 0.5) is 0 Å². The molecular formula is C16H24IN5O2. The lowest BCUT2D eigenvalue weighted by Crippen LogP contribution is -2.38. The summed E-state index contributed by atoms with van der Waals surface area (Å²) < 4.78 is 12.4. The van der Waals surface area contributed by atoms with Gasteiger partial charge in [-0.1, -0.05) is 6.07 Å². The fourth-order valence-corrected chi connectivity index (χ4v) is 2.12. The van der Waals surface area contributed by atoms with Gasteiger partial charge in [-0.3, -0.25) is 9.67 Å². The number of guanidine groups is 1. The van der Waals surface area contributed by atoms with Gasteiger partial charge in [0.1, 0.15) is 0 Å². The minimum absolute atomic E-state index is 0. The van der Waals surface area contributed by atoms with E-state index >= 15 is 0 Å². The average Bonchev–Trinajstić information content (AvgIpc) is 3.11. The van der Waals surface area contributed by atoms with Gasteiger partial charge in [0, 0.05) is 32.5 Å². The second-order valence-corrected chi connectivity index (χ2v) is 4.81. The smallest absolute Gasteiger partial charge is 0.191 e. The molecule has 0 bridgehead atoms. The maximum Gasteiger partial charge on any atom is 0.191 e. The third-order valence-corrected chi connectivity index (χ3v) is 3.32. The highest BCUT2D eigenvalue weighted by molar-refractivity contribution is 14.0. The molecule has 0 amide bonds. The van der Waals surface area contributed by atoms with Crippen LogP contribution >= 0.6 is 24.0 Å². The second-order valence-electron chi connectivity index (χ2n) is 4.81. The highest BCUT2D eigenvalue weighted by Gasteiger charge is 2.05. The predicted molar refractivity (Wildman–Crippen MR) is 105 cm³/mol. The number of nitrogens with zero attached hydrogens (tertiary/aromatic N) is 3. The lowest BCUT2D eigenvalue weighted by Gasteiger charge is -2.13. The van der Waals surface area contributed by atoms with Gasteiger partial charge in [0.05, 0.1) is 20.8 Å². The van der Waals surface area contributed by atoms with Gasteiger partial charge in [-0.05, 0) is 23.8 Å². The van der Waals surface area contributed by atoms with Gasteiger partial charge < -0.3 is 20.1 Å². The molecule has 2 aromatic rings. The molecule has 7 nitrogen and oxygen atoms in total. The lowest BCUT2D eigenvalue weighted by atomic mass is 10.2. The average molecular weight is 445 g/mol. The maximum absolute atomic E-state index is 5.31. The Morgan fingerprint density at radius 1 is 1.21 bits per heavy atom. The third-order valence-electron chi connectivity index (χ3n) is 3.32. The Hall–Kier alpha value is -1.97. The molecular weight excluding hydrogens is 421 g/mol. The quantitative estimate of drug-likeness (QED) is 0.387. The zero-order valence-electron chi connectivity index (χ0n) is 14.2. The molecule has 24 heavy (non-hydrogen) atoms. The van der Waals surface area contributed by atoms with Gasteiger partial charge in [-0.25, -0.2) is 0 Å². The number of methoxy groups -OCH3 is 2. The van der Waals surface area contributed by atoms with E-state index in [0.29, 0.717) is 12.3 Å². The SMILES string of the molecule is CN=C(NCCn1cccn1)NCc1ccc(OC)c(OC)c1.I. The van der Waals surface area contributed by atoms with Crippen LogP contribution in [0.15, 0.2) is 41.7 Å². The van der Waals surface area contributed by atoms with Crippen molar-refractivity contribution in [2.24, 2.45) is 4.99 Å². The number of hydrogen-bond donors (Lipinski definition) is 2. The number of halogens is 1. The van der Waals surface area contributed by atoms with Gasteiger partial charge in [0.2, 0.25) is 0 Å². The number of aromatic nitrogens is 2. The highest BCUT2D eigenvalue weighted by Crippen LogP contribution is 2.27. The fourth-order valence-electron chi connectivity index (χ4n) is 2.12. The first-order chi connectivity index (χ1) is 11.3. The Morgan fingerprint density at radius 2 is 2.00 bits per heavy atom. The summed E-state index contributed by atoms with van der Waals surface area (Å²) in [7, 11) is 5.00. The van der Waals surface area contributed by atoms with Crippen molar-refractivity contribution in [3.05, 3.63) is 42.2 Å². The van der Waals surface area contributed by atoms with Crippen molar-refractivity contribution in [1.82, 2.24) is 20.4 Å². The summed E-state index contributed by atoms with van der Waals surface area (Å²) >= 11 is 0. The van der Waals surface area contributed by atoms with Crippen LogP contribution in [0.25, 0.3) is 0 Å². The van der Waals surface area contributed by atoms with Gasteiger partial charge in [0.15, 0.2) is 17.5 Å². The molecule has 0 fully saturated rings. The number of nitrogens with one attached hydrogen (secondary N) is 2. The topological polar surface area (TPSA) is 72.7 Å². The van der Waals surface area contributed by atoms with Crippen LogP contribution in [0.5, 0.6) is 11.5 Å². The van der Waals surface area contributed by atoms with Crippen LogP contribution in [-0.4, -0.2) is 43.6 Å². The van der Waals surface area contributed by atoms with Crippen molar-refractivity contribution in [1.29, 1.82) is 0 Å². The van der Waals surface area contributed by atoms with Crippen molar-refractivity contribution >= 4 is 29.9 Å². The van der Waals surface area contributed by atoms with Gasteiger partial charge in [0.25, 0.3) is 0 Å². The molecule has 8 heteroatoms. The van der Waals surface area contributed by atoms with E-state index in [4.69, 9.17) is 9.47 Å². The Bertz CT molecular complexity index is 631.